The lowest BCUT2D eigenvalue weighted by Gasteiger charge is -2.34. The smallest absolute Gasteiger partial charge is 0.308 e. The van der Waals surface area contributed by atoms with Gasteiger partial charge in [-0.25, -0.2) is 0 Å². The summed E-state index contributed by atoms with van der Waals surface area (Å²) in [5.41, 5.74) is 1.88. The van der Waals surface area contributed by atoms with Crippen molar-refractivity contribution >= 4 is 17.8 Å². The molecule has 7 heteroatoms. The number of benzene rings is 1. The standard InChI is InChI=1S/C21H30N2O5/c1-14(2)8-11-27-19(25)12-17-21(26)22-9-10-23(17)18(24)13-28-20-15(3)6-5-7-16(20)4/h5-7,14,17H,8-13H2,1-4H3,(H,22,26). The van der Waals surface area contributed by atoms with Gasteiger partial charge in [-0.1, -0.05) is 32.0 Å². The first-order valence-corrected chi connectivity index (χ1v) is 9.71. The summed E-state index contributed by atoms with van der Waals surface area (Å²) in [5.74, 6) is -0.0472. The van der Waals surface area contributed by atoms with Crippen LogP contribution in [-0.4, -0.2) is 55.0 Å². The third kappa shape index (κ3) is 5.97. The van der Waals surface area contributed by atoms with E-state index in [1.54, 1.807) is 0 Å². The molecule has 1 unspecified atom stereocenters. The Balaban J connectivity index is 1.97. The molecule has 0 saturated carbocycles. The van der Waals surface area contributed by atoms with Crippen LogP contribution in [0.2, 0.25) is 0 Å². The average molecular weight is 390 g/mol. The van der Waals surface area contributed by atoms with E-state index in [2.05, 4.69) is 5.32 Å². The minimum Gasteiger partial charge on any atom is -0.483 e. The van der Waals surface area contributed by atoms with E-state index in [0.29, 0.717) is 31.4 Å². The van der Waals surface area contributed by atoms with Crippen LogP contribution in [0.1, 0.15) is 37.8 Å². The van der Waals surface area contributed by atoms with Crippen molar-refractivity contribution in [3.05, 3.63) is 29.3 Å². The average Bonchev–Trinajstić information content (AvgIpc) is 2.62. The van der Waals surface area contributed by atoms with E-state index in [0.717, 1.165) is 17.5 Å². The Morgan fingerprint density at radius 1 is 1.25 bits per heavy atom. The molecule has 0 aromatic heterocycles. The largest absolute Gasteiger partial charge is 0.483 e. The van der Waals surface area contributed by atoms with Gasteiger partial charge in [0.05, 0.1) is 13.0 Å². The fraction of sp³-hybridized carbons (Fsp3) is 0.571. The molecule has 1 N–H and O–H groups in total. The molecule has 0 spiro atoms. The molecule has 1 saturated heterocycles. The Hall–Kier alpha value is -2.57. The van der Waals surface area contributed by atoms with Crippen LogP contribution < -0.4 is 10.1 Å². The molecule has 1 fully saturated rings. The number of nitrogens with zero attached hydrogens (tertiary/aromatic N) is 1. The normalized spacial score (nSPS) is 16.7. The van der Waals surface area contributed by atoms with Crippen LogP contribution in [0, 0.1) is 19.8 Å². The first-order valence-electron chi connectivity index (χ1n) is 9.71. The van der Waals surface area contributed by atoms with Crippen LogP contribution >= 0.6 is 0 Å². The number of para-hydroxylation sites is 1. The molecule has 2 rings (SSSR count). The summed E-state index contributed by atoms with van der Waals surface area (Å²) in [7, 11) is 0. The van der Waals surface area contributed by atoms with E-state index in [1.807, 2.05) is 45.9 Å². The summed E-state index contributed by atoms with van der Waals surface area (Å²) in [6, 6.07) is 4.89. The Morgan fingerprint density at radius 3 is 2.57 bits per heavy atom. The fourth-order valence-electron chi connectivity index (χ4n) is 3.09. The maximum atomic E-state index is 12.7. The van der Waals surface area contributed by atoms with Crippen LogP contribution in [0.3, 0.4) is 0 Å². The van der Waals surface area contributed by atoms with Gasteiger partial charge in [0.1, 0.15) is 11.8 Å². The number of piperazine rings is 1. The minimum absolute atomic E-state index is 0.154. The fourth-order valence-corrected chi connectivity index (χ4v) is 3.09. The van der Waals surface area contributed by atoms with Gasteiger partial charge >= 0.3 is 5.97 Å². The van der Waals surface area contributed by atoms with E-state index in [4.69, 9.17) is 9.47 Å². The van der Waals surface area contributed by atoms with Crippen molar-refractivity contribution in [2.24, 2.45) is 5.92 Å². The summed E-state index contributed by atoms with van der Waals surface area (Å²) < 4.78 is 10.9. The first-order chi connectivity index (χ1) is 13.3. The number of ether oxygens (including phenoxy) is 2. The summed E-state index contributed by atoms with van der Waals surface area (Å²) in [5, 5.41) is 2.71. The molecule has 1 aromatic rings. The third-order valence-electron chi connectivity index (χ3n) is 4.72. The molecule has 2 amide bonds. The van der Waals surface area contributed by atoms with Gasteiger partial charge in [0.15, 0.2) is 6.61 Å². The van der Waals surface area contributed by atoms with Crippen LogP contribution in [-0.2, 0) is 19.1 Å². The SMILES string of the molecule is Cc1cccc(C)c1OCC(=O)N1CCNC(=O)C1CC(=O)OCCC(C)C. The summed E-state index contributed by atoms with van der Waals surface area (Å²) in [4.78, 5) is 38.5. The van der Waals surface area contributed by atoms with Gasteiger partial charge in [-0.2, -0.15) is 0 Å². The predicted octanol–water partition coefficient (Wildman–Crippen LogP) is 1.99. The third-order valence-corrected chi connectivity index (χ3v) is 4.72. The monoisotopic (exact) mass is 390 g/mol. The van der Waals surface area contributed by atoms with Gasteiger partial charge < -0.3 is 19.7 Å². The lowest BCUT2D eigenvalue weighted by atomic mass is 10.1. The Kier molecular flexibility index (Phi) is 7.84. The molecule has 0 aliphatic carbocycles. The van der Waals surface area contributed by atoms with Crippen LogP contribution in [0.4, 0.5) is 0 Å². The second kappa shape index (κ2) is 10.1. The van der Waals surface area contributed by atoms with Gasteiger partial charge in [-0.15, -0.1) is 0 Å². The lowest BCUT2D eigenvalue weighted by molar-refractivity contribution is -0.152. The van der Waals surface area contributed by atoms with Crippen molar-refractivity contribution in [1.82, 2.24) is 10.2 Å². The van der Waals surface area contributed by atoms with Crippen LogP contribution in [0.5, 0.6) is 5.75 Å². The number of hydrogen-bond donors (Lipinski definition) is 1. The highest BCUT2D eigenvalue weighted by molar-refractivity contribution is 5.92. The second-order valence-electron chi connectivity index (χ2n) is 7.51. The van der Waals surface area contributed by atoms with Gasteiger partial charge in [-0.05, 0) is 37.3 Å². The summed E-state index contributed by atoms with van der Waals surface area (Å²) >= 11 is 0. The molecule has 1 atom stereocenters. The number of carbonyl (C=O) groups is 3. The van der Waals surface area contributed by atoms with E-state index < -0.39 is 12.0 Å². The summed E-state index contributed by atoms with van der Waals surface area (Å²) in [6.07, 6.45) is 0.605. The molecule has 1 aliphatic rings. The van der Waals surface area contributed by atoms with Crippen molar-refractivity contribution in [3.63, 3.8) is 0 Å². The zero-order chi connectivity index (χ0) is 20.7. The van der Waals surface area contributed by atoms with Crippen molar-refractivity contribution in [2.75, 3.05) is 26.3 Å². The number of nitrogens with one attached hydrogen (secondary N) is 1. The predicted molar refractivity (Wildman–Crippen MR) is 105 cm³/mol. The van der Waals surface area contributed by atoms with E-state index >= 15 is 0 Å². The van der Waals surface area contributed by atoms with Gasteiger partial charge in [-0.3, -0.25) is 14.4 Å². The molecule has 1 aromatic carbocycles. The highest BCUT2D eigenvalue weighted by Crippen LogP contribution is 2.22. The molecule has 1 heterocycles. The Morgan fingerprint density at radius 2 is 1.93 bits per heavy atom. The van der Waals surface area contributed by atoms with Crippen molar-refractivity contribution in [3.8, 4) is 5.75 Å². The van der Waals surface area contributed by atoms with Gasteiger partial charge in [0, 0.05) is 13.1 Å². The van der Waals surface area contributed by atoms with E-state index in [1.165, 1.54) is 4.90 Å². The maximum Gasteiger partial charge on any atom is 0.308 e. The zero-order valence-corrected chi connectivity index (χ0v) is 17.1. The minimum atomic E-state index is -0.866. The van der Waals surface area contributed by atoms with Crippen molar-refractivity contribution in [1.29, 1.82) is 0 Å². The first kappa shape index (κ1) is 21.7. The van der Waals surface area contributed by atoms with E-state index in [9.17, 15) is 14.4 Å². The molecule has 0 radical (unpaired) electrons. The number of rotatable bonds is 8. The van der Waals surface area contributed by atoms with Crippen molar-refractivity contribution in [2.45, 2.75) is 46.6 Å². The number of aryl methyl sites for hydroxylation is 2. The Bertz CT molecular complexity index is 696. The maximum absolute atomic E-state index is 12.7. The molecular weight excluding hydrogens is 360 g/mol. The number of esters is 1. The second-order valence-corrected chi connectivity index (χ2v) is 7.51. The van der Waals surface area contributed by atoms with Crippen LogP contribution in [0.25, 0.3) is 0 Å². The topological polar surface area (TPSA) is 84.9 Å². The quantitative estimate of drug-likeness (QED) is 0.686. The summed E-state index contributed by atoms with van der Waals surface area (Å²) in [6.45, 7) is 8.73. The van der Waals surface area contributed by atoms with Gasteiger partial charge in [0.25, 0.3) is 5.91 Å². The molecule has 154 valence electrons. The van der Waals surface area contributed by atoms with Crippen molar-refractivity contribution < 1.29 is 23.9 Å². The molecular formula is C21H30N2O5. The molecule has 28 heavy (non-hydrogen) atoms. The van der Waals surface area contributed by atoms with E-state index in [-0.39, 0.29) is 24.8 Å². The highest BCUT2D eigenvalue weighted by Gasteiger charge is 2.35. The molecule has 1 aliphatic heterocycles. The molecule has 0 bridgehead atoms. The Labute approximate surface area is 166 Å². The number of carbonyl (C=O) groups excluding carboxylic acids is 3. The highest BCUT2D eigenvalue weighted by atomic mass is 16.5. The lowest BCUT2D eigenvalue weighted by Crippen LogP contribution is -2.58. The number of amides is 2. The molecule has 7 nitrogen and oxygen atoms in total. The van der Waals surface area contributed by atoms with Gasteiger partial charge in [0.2, 0.25) is 5.91 Å². The zero-order valence-electron chi connectivity index (χ0n) is 17.1. The van der Waals surface area contributed by atoms with Crippen LogP contribution in [0.15, 0.2) is 18.2 Å². The number of hydrogen-bond acceptors (Lipinski definition) is 5.